The molecule has 1 atom stereocenters. The molecule has 4 aromatic rings. The van der Waals surface area contributed by atoms with Crippen molar-refractivity contribution in [2.45, 2.75) is 32.7 Å². The Morgan fingerprint density at radius 2 is 1.77 bits per heavy atom. The fourth-order valence-electron chi connectivity index (χ4n) is 4.47. The maximum atomic E-state index is 13.7. The van der Waals surface area contributed by atoms with Crippen molar-refractivity contribution < 1.29 is 18.7 Å². The molecule has 6 heteroatoms. The second-order valence-electron chi connectivity index (χ2n) is 8.63. The van der Waals surface area contributed by atoms with E-state index in [1.807, 2.05) is 24.3 Å². The van der Waals surface area contributed by atoms with Crippen LogP contribution in [0.4, 0.5) is 5.69 Å². The van der Waals surface area contributed by atoms with Gasteiger partial charge in [0.25, 0.3) is 5.91 Å². The molecule has 0 saturated heterocycles. The Morgan fingerprint density at radius 3 is 2.51 bits per heavy atom. The first kappa shape index (κ1) is 22.6. The topological polar surface area (TPSA) is 76.8 Å². The van der Waals surface area contributed by atoms with E-state index in [1.54, 1.807) is 53.4 Å². The highest BCUT2D eigenvalue weighted by atomic mass is 16.5. The van der Waals surface area contributed by atoms with Crippen molar-refractivity contribution in [2.75, 3.05) is 11.5 Å². The molecule has 5 rings (SSSR count). The standard InChI is InChI=1S/C29H25NO5/c1-3-4-16-34-22-9-7-8-20(17-22)26-25-27(32)23-10-5-6-11-24(23)35-28(25)29(33)30(26)21-14-12-19(13-15-21)18(2)31/h5-15,17,26H,3-4,16H2,1-2H3. The second-order valence-corrected chi connectivity index (χ2v) is 8.63. The Balaban J connectivity index is 1.69. The Morgan fingerprint density at radius 1 is 1.00 bits per heavy atom. The number of unbranched alkanes of at least 4 members (excludes halogenated alkanes) is 1. The minimum atomic E-state index is -0.698. The summed E-state index contributed by atoms with van der Waals surface area (Å²) in [5.41, 5.74) is 2.28. The first-order chi connectivity index (χ1) is 17.0. The van der Waals surface area contributed by atoms with E-state index >= 15 is 0 Å². The molecule has 0 saturated carbocycles. The first-order valence-electron chi connectivity index (χ1n) is 11.7. The summed E-state index contributed by atoms with van der Waals surface area (Å²) in [6, 6.07) is 20.5. The van der Waals surface area contributed by atoms with Gasteiger partial charge < -0.3 is 9.15 Å². The van der Waals surface area contributed by atoms with Crippen LogP contribution in [0, 0.1) is 0 Å². The van der Waals surface area contributed by atoms with Crippen LogP contribution in [0.2, 0.25) is 0 Å². The Hall–Kier alpha value is -4.19. The highest BCUT2D eigenvalue weighted by molar-refractivity contribution is 6.11. The molecule has 0 aliphatic carbocycles. The molecule has 1 aliphatic heterocycles. The van der Waals surface area contributed by atoms with Crippen LogP contribution in [0.3, 0.4) is 0 Å². The predicted octanol–water partition coefficient (Wildman–Crippen LogP) is 5.92. The van der Waals surface area contributed by atoms with Gasteiger partial charge in [-0.3, -0.25) is 19.3 Å². The van der Waals surface area contributed by atoms with E-state index in [1.165, 1.54) is 6.92 Å². The number of fused-ring (bicyclic) bond motifs is 2. The number of anilines is 1. The van der Waals surface area contributed by atoms with Crippen molar-refractivity contribution in [3.8, 4) is 5.75 Å². The molecule has 176 valence electrons. The van der Waals surface area contributed by atoms with Gasteiger partial charge in [0.2, 0.25) is 5.76 Å². The number of para-hydroxylation sites is 1. The predicted molar refractivity (Wildman–Crippen MR) is 134 cm³/mol. The minimum absolute atomic E-state index is 0.0339. The fourth-order valence-corrected chi connectivity index (χ4v) is 4.47. The maximum absolute atomic E-state index is 13.7. The number of hydrogen-bond donors (Lipinski definition) is 0. The maximum Gasteiger partial charge on any atom is 0.295 e. The van der Waals surface area contributed by atoms with Crippen LogP contribution in [0.1, 0.15) is 64.8 Å². The SMILES string of the molecule is CCCCOc1cccc(C2c3c(oc4ccccc4c3=O)C(=O)N2c2ccc(C(C)=O)cc2)c1. The summed E-state index contributed by atoms with van der Waals surface area (Å²) < 4.78 is 11.9. The number of carbonyl (C=O) groups excluding carboxylic acids is 2. The van der Waals surface area contributed by atoms with Crippen LogP contribution >= 0.6 is 0 Å². The zero-order valence-electron chi connectivity index (χ0n) is 19.6. The Kier molecular flexibility index (Phi) is 5.95. The molecular formula is C29H25NO5. The lowest BCUT2D eigenvalue weighted by atomic mass is 9.98. The lowest BCUT2D eigenvalue weighted by molar-refractivity contribution is 0.0970. The highest BCUT2D eigenvalue weighted by Gasteiger charge is 2.43. The summed E-state index contributed by atoms with van der Waals surface area (Å²) in [5, 5.41) is 0.424. The van der Waals surface area contributed by atoms with Crippen molar-refractivity contribution in [1.29, 1.82) is 0 Å². The average Bonchev–Trinajstić information content (AvgIpc) is 3.17. The van der Waals surface area contributed by atoms with E-state index in [2.05, 4.69) is 6.92 Å². The average molecular weight is 468 g/mol. The van der Waals surface area contributed by atoms with Gasteiger partial charge in [0, 0.05) is 11.3 Å². The van der Waals surface area contributed by atoms with Crippen LogP contribution in [0.15, 0.2) is 82.0 Å². The zero-order chi connectivity index (χ0) is 24.5. The summed E-state index contributed by atoms with van der Waals surface area (Å²) >= 11 is 0. The lowest BCUT2D eigenvalue weighted by Gasteiger charge is -2.25. The molecular weight excluding hydrogens is 442 g/mol. The number of amides is 1. The first-order valence-corrected chi connectivity index (χ1v) is 11.7. The molecule has 1 aliphatic rings. The summed E-state index contributed by atoms with van der Waals surface area (Å²) in [7, 11) is 0. The normalized spacial score (nSPS) is 14.9. The number of benzene rings is 3. The van der Waals surface area contributed by atoms with Crippen LogP contribution in [-0.4, -0.2) is 18.3 Å². The van der Waals surface area contributed by atoms with Gasteiger partial charge >= 0.3 is 0 Å². The summed E-state index contributed by atoms with van der Waals surface area (Å²) in [6.45, 7) is 4.18. The molecule has 0 radical (unpaired) electrons. The van der Waals surface area contributed by atoms with Crippen molar-refractivity contribution >= 4 is 28.3 Å². The van der Waals surface area contributed by atoms with Crippen LogP contribution < -0.4 is 15.1 Å². The molecule has 3 aromatic carbocycles. The van der Waals surface area contributed by atoms with E-state index in [0.717, 1.165) is 18.4 Å². The molecule has 0 fully saturated rings. The van der Waals surface area contributed by atoms with Crippen LogP contribution in [0.5, 0.6) is 5.75 Å². The van der Waals surface area contributed by atoms with E-state index in [-0.39, 0.29) is 17.0 Å². The zero-order valence-corrected chi connectivity index (χ0v) is 19.6. The van der Waals surface area contributed by atoms with E-state index < -0.39 is 11.9 Å². The summed E-state index contributed by atoms with van der Waals surface area (Å²) in [4.78, 5) is 40.7. The third-order valence-corrected chi connectivity index (χ3v) is 6.27. The van der Waals surface area contributed by atoms with Crippen molar-refractivity contribution in [3.05, 3.63) is 105 Å². The molecule has 0 bridgehead atoms. The van der Waals surface area contributed by atoms with Gasteiger partial charge in [0.05, 0.1) is 23.6 Å². The summed E-state index contributed by atoms with van der Waals surface area (Å²) in [6.07, 6.45) is 1.95. The third-order valence-electron chi connectivity index (χ3n) is 6.27. The fraction of sp³-hybridized carbons (Fsp3) is 0.207. The number of ether oxygens (including phenoxy) is 1. The van der Waals surface area contributed by atoms with Crippen LogP contribution in [-0.2, 0) is 0 Å². The van der Waals surface area contributed by atoms with Gasteiger partial charge in [-0.1, -0.05) is 37.6 Å². The number of hydrogen-bond acceptors (Lipinski definition) is 5. The number of ketones is 1. The van der Waals surface area contributed by atoms with Gasteiger partial charge in [-0.05, 0) is 67.4 Å². The van der Waals surface area contributed by atoms with Gasteiger partial charge in [0.1, 0.15) is 11.3 Å². The van der Waals surface area contributed by atoms with Crippen molar-refractivity contribution in [2.24, 2.45) is 0 Å². The van der Waals surface area contributed by atoms with Crippen molar-refractivity contribution in [1.82, 2.24) is 0 Å². The van der Waals surface area contributed by atoms with E-state index in [4.69, 9.17) is 9.15 Å². The van der Waals surface area contributed by atoms with Gasteiger partial charge in [0.15, 0.2) is 11.2 Å². The Labute approximate surface area is 202 Å². The number of rotatable bonds is 7. The monoisotopic (exact) mass is 467 g/mol. The largest absolute Gasteiger partial charge is 0.494 e. The molecule has 1 aromatic heterocycles. The molecule has 0 N–H and O–H groups in total. The van der Waals surface area contributed by atoms with E-state index in [9.17, 15) is 14.4 Å². The number of carbonyl (C=O) groups is 2. The summed E-state index contributed by atoms with van der Waals surface area (Å²) in [5.74, 6) is 0.241. The van der Waals surface area contributed by atoms with Crippen molar-refractivity contribution in [3.63, 3.8) is 0 Å². The molecule has 0 spiro atoms. The molecule has 1 amide bonds. The smallest absolute Gasteiger partial charge is 0.295 e. The second kappa shape index (κ2) is 9.22. The third kappa shape index (κ3) is 4.01. The quantitative estimate of drug-likeness (QED) is 0.249. The Bertz CT molecular complexity index is 1490. The van der Waals surface area contributed by atoms with E-state index in [0.29, 0.717) is 40.1 Å². The van der Waals surface area contributed by atoms with Gasteiger partial charge in [-0.2, -0.15) is 0 Å². The lowest BCUT2D eigenvalue weighted by Crippen LogP contribution is -2.29. The molecule has 6 nitrogen and oxygen atoms in total. The molecule has 1 unspecified atom stereocenters. The van der Waals surface area contributed by atoms with Crippen LogP contribution in [0.25, 0.3) is 11.0 Å². The number of Topliss-reactive ketones (excluding diaryl/α,β-unsaturated/α-hetero) is 1. The van der Waals surface area contributed by atoms with Gasteiger partial charge in [-0.15, -0.1) is 0 Å². The number of nitrogens with zero attached hydrogens (tertiary/aromatic N) is 1. The highest BCUT2D eigenvalue weighted by Crippen LogP contribution is 2.42. The molecule has 2 heterocycles. The molecule has 35 heavy (non-hydrogen) atoms. The van der Waals surface area contributed by atoms with Gasteiger partial charge in [-0.25, -0.2) is 0 Å². The minimum Gasteiger partial charge on any atom is -0.494 e.